The minimum atomic E-state index is -4.23. The Morgan fingerprint density at radius 2 is 1.84 bits per heavy atom. The number of fused-ring (bicyclic) bond motifs is 7. The number of aromatic nitrogens is 4. The Kier molecular flexibility index (Phi) is 8.58. The van der Waals surface area contributed by atoms with Crippen molar-refractivity contribution < 1.29 is 36.2 Å². The summed E-state index contributed by atoms with van der Waals surface area (Å²) >= 11 is 0. The zero-order valence-corrected chi connectivity index (χ0v) is 30.1. The van der Waals surface area contributed by atoms with Gasteiger partial charge in [-0.15, -0.1) is 6.42 Å². The molecule has 0 aliphatic carbocycles. The van der Waals surface area contributed by atoms with Crippen molar-refractivity contribution in [1.29, 1.82) is 0 Å². The Hall–Kier alpha value is -4.81. The van der Waals surface area contributed by atoms with Crippen LogP contribution in [0.15, 0.2) is 30.5 Å². The molecule has 55 heavy (non-hydrogen) atoms. The van der Waals surface area contributed by atoms with Crippen LogP contribution in [0.1, 0.15) is 50.5 Å². The van der Waals surface area contributed by atoms with E-state index in [2.05, 4.69) is 25.7 Å². The Balaban J connectivity index is 1.23. The zero-order valence-electron chi connectivity index (χ0n) is 30.1. The predicted octanol–water partition coefficient (Wildman–Crippen LogP) is 7.25. The normalized spacial score (nSPS) is 24.4. The molecule has 2 bridgehead atoms. The van der Waals surface area contributed by atoms with Crippen LogP contribution in [-0.4, -0.2) is 104 Å². The molecular formula is C40H39F6N7O2. The van der Waals surface area contributed by atoms with Crippen LogP contribution in [0.5, 0.6) is 11.8 Å². The van der Waals surface area contributed by atoms with E-state index in [9.17, 15) is 22.7 Å². The number of phenols is 1. The molecule has 4 atom stereocenters. The monoisotopic (exact) mass is 763 g/mol. The van der Waals surface area contributed by atoms with E-state index in [0.717, 1.165) is 32.2 Å². The van der Waals surface area contributed by atoms with Crippen molar-refractivity contribution in [3.63, 3.8) is 0 Å². The van der Waals surface area contributed by atoms with Gasteiger partial charge in [0.15, 0.2) is 5.82 Å². The van der Waals surface area contributed by atoms with Gasteiger partial charge in [-0.25, -0.2) is 13.2 Å². The highest BCUT2D eigenvalue weighted by molar-refractivity contribution is 6.18. The third-order valence-electron chi connectivity index (χ3n) is 12.1. The van der Waals surface area contributed by atoms with E-state index in [4.69, 9.17) is 21.1 Å². The lowest BCUT2D eigenvalue weighted by Crippen LogP contribution is -2.54. The summed E-state index contributed by atoms with van der Waals surface area (Å²) in [4.78, 5) is 16.0. The largest absolute Gasteiger partial charge is 0.508 e. The molecule has 9 rings (SSSR count). The number of terminal acetylenes is 1. The van der Waals surface area contributed by atoms with Gasteiger partial charge in [0.05, 0.1) is 16.5 Å². The standard InChI is InChI=1S/C40H39F6N7O2/c1-3-27-30(42)9-6-22-14-26(54)15-28(31(22)27)32-34(43)36-33(29-20-50(2)49-35(29)32)37(48-38(47-36)55-21-39-10-4-13-52(39)17-23(41)16-39)53-24-7-8-25(53)19-51(18-24)12-5-11-40(44,45)46/h1,6,9,14-15,20,23-25,54H,4-5,7-8,10-13,16-19,21H2,2H3/t23-,24?,25?,39?/m1/s1. The van der Waals surface area contributed by atoms with E-state index < -0.39 is 35.9 Å². The van der Waals surface area contributed by atoms with Crippen LogP contribution in [0, 0.1) is 24.0 Å². The average Bonchev–Trinajstić information content (AvgIpc) is 3.85. The SMILES string of the molecule is C#Cc1c(F)ccc2cc(O)cc(-c3c(F)c4nc(OCC56CCCN5C[C@H](F)C6)nc(N5C6CCC5CN(CCCC(F)(F)F)C6)c4c4cn(C)nc34)c12. The van der Waals surface area contributed by atoms with Crippen LogP contribution < -0.4 is 9.64 Å². The van der Waals surface area contributed by atoms with E-state index in [1.807, 2.05) is 0 Å². The highest BCUT2D eigenvalue weighted by Gasteiger charge is 2.50. The number of alkyl halides is 4. The molecule has 3 unspecified atom stereocenters. The first-order valence-corrected chi connectivity index (χ1v) is 18.7. The summed E-state index contributed by atoms with van der Waals surface area (Å²) in [6.07, 6.45) is 4.90. The van der Waals surface area contributed by atoms with Crippen LogP contribution in [0.4, 0.5) is 32.2 Å². The van der Waals surface area contributed by atoms with Gasteiger partial charge in [-0.1, -0.05) is 12.0 Å². The highest BCUT2D eigenvalue weighted by atomic mass is 19.4. The quantitative estimate of drug-likeness (QED) is 0.131. The number of aromatic hydroxyl groups is 1. The minimum absolute atomic E-state index is 0.00478. The molecule has 288 valence electrons. The number of benzene rings is 3. The molecule has 0 radical (unpaired) electrons. The molecular weight excluding hydrogens is 724 g/mol. The van der Waals surface area contributed by atoms with Crippen LogP contribution in [-0.2, 0) is 7.05 Å². The number of aryl methyl sites for hydroxylation is 1. The molecule has 4 aliphatic rings. The Morgan fingerprint density at radius 1 is 1.05 bits per heavy atom. The number of hydrogen-bond acceptors (Lipinski definition) is 8. The zero-order chi connectivity index (χ0) is 38.4. The molecule has 5 aromatic rings. The number of phenolic OH excluding ortho intramolecular Hbond substituents is 1. The van der Waals surface area contributed by atoms with Crippen molar-refractivity contribution in [2.24, 2.45) is 7.05 Å². The summed E-state index contributed by atoms with van der Waals surface area (Å²) in [7, 11) is 1.69. The van der Waals surface area contributed by atoms with Gasteiger partial charge in [0, 0.05) is 74.1 Å². The van der Waals surface area contributed by atoms with Crippen molar-refractivity contribution in [3.8, 4) is 35.2 Å². The van der Waals surface area contributed by atoms with Crippen molar-refractivity contribution >= 4 is 38.4 Å². The maximum absolute atomic E-state index is 17.7. The lowest BCUT2D eigenvalue weighted by atomic mass is 9.91. The van der Waals surface area contributed by atoms with Crippen molar-refractivity contribution in [2.75, 3.05) is 44.2 Å². The maximum Gasteiger partial charge on any atom is 0.389 e. The topological polar surface area (TPSA) is 82.8 Å². The van der Waals surface area contributed by atoms with Gasteiger partial charge in [-0.3, -0.25) is 14.5 Å². The first kappa shape index (κ1) is 35.9. The van der Waals surface area contributed by atoms with Crippen LogP contribution in [0.2, 0.25) is 0 Å². The first-order chi connectivity index (χ1) is 26.3. The Morgan fingerprint density at radius 3 is 2.58 bits per heavy atom. The summed E-state index contributed by atoms with van der Waals surface area (Å²) in [6.45, 7) is 2.47. The molecule has 2 aromatic heterocycles. The molecule has 0 amide bonds. The second kappa shape index (κ2) is 13.2. The maximum atomic E-state index is 17.7. The van der Waals surface area contributed by atoms with Crippen LogP contribution in [0.25, 0.3) is 43.7 Å². The predicted molar refractivity (Wildman–Crippen MR) is 196 cm³/mol. The molecule has 0 saturated carbocycles. The fraction of sp³-hybridized carbons (Fsp3) is 0.475. The smallest absolute Gasteiger partial charge is 0.389 e. The molecule has 4 saturated heterocycles. The number of rotatable bonds is 8. The van der Waals surface area contributed by atoms with E-state index in [1.165, 1.54) is 28.9 Å². The molecule has 15 heteroatoms. The summed E-state index contributed by atoms with van der Waals surface area (Å²) in [6, 6.07) is 5.06. The lowest BCUT2D eigenvalue weighted by molar-refractivity contribution is -0.136. The summed E-state index contributed by atoms with van der Waals surface area (Å²) in [5, 5.41) is 17.0. The molecule has 9 nitrogen and oxygen atoms in total. The van der Waals surface area contributed by atoms with Crippen LogP contribution >= 0.6 is 0 Å². The van der Waals surface area contributed by atoms with E-state index in [-0.39, 0.29) is 70.0 Å². The Labute approximate surface area is 312 Å². The number of nitrogens with zero attached hydrogens (tertiary/aromatic N) is 7. The number of hydrogen-bond donors (Lipinski definition) is 1. The van der Waals surface area contributed by atoms with Gasteiger partial charge in [-0.05, 0) is 74.3 Å². The second-order valence-corrected chi connectivity index (χ2v) is 15.6. The molecule has 4 fully saturated rings. The van der Waals surface area contributed by atoms with Gasteiger partial charge >= 0.3 is 12.2 Å². The summed E-state index contributed by atoms with van der Waals surface area (Å²) in [5.74, 6) is 1.13. The van der Waals surface area contributed by atoms with Crippen LogP contribution in [0.3, 0.4) is 0 Å². The number of anilines is 1. The van der Waals surface area contributed by atoms with Gasteiger partial charge in [0.2, 0.25) is 0 Å². The summed E-state index contributed by atoms with van der Waals surface area (Å²) < 4.78 is 94.5. The van der Waals surface area contributed by atoms with E-state index >= 15 is 8.78 Å². The molecule has 6 heterocycles. The summed E-state index contributed by atoms with van der Waals surface area (Å²) in [5.41, 5.74) is -0.434. The van der Waals surface area contributed by atoms with Gasteiger partial charge in [-0.2, -0.15) is 28.2 Å². The third-order valence-corrected chi connectivity index (χ3v) is 12.1. The van der Waals surface area contributed by atoms with Gasteiger partial charge in [0.25, 0.3) is 0 Å². The first-order valence-electron chi connectivity index (χ1n) is 18.7. The molecule has 1 N–H and O–H groups in total. The fourth-order valence-corrected chi connectivity index (χ4v) is 9.84. The fourth-order valence-electron chi connectivity index (χ4n) is 9.84. The van der Waals surface area contributed by atoms with E-state index in [1.54, 1.807) is 13.2 Å². The van der Waals surface area contributed by atoms with E-state index in [0.29, 0.717) is 54.6 Å². The number of ether oxygens (including phenoxy) is 1. The van der Waals surface area contributed by atoms with Gasteiger partial charge < -0.3 is 14.7 Å². The van der Waals surface area contributed by atoms with Crippen molar-refractivity contribution in [1.82, 2.24) is 29.5 Å². The number of halogens is 6. The lowest BCUT2D eigenvalue weighted by Gasteiger charge is -2.42. The number of piperazine rings is 1. The second-order valence-electron chi connectivity index (χ2n) is 15.6. The molecule has 3 aromatic carbocycles. The van der Waals surface area contributed by atoms with Gasteiger partial charge in [0.1, 0.15) is 41.2 Å². The van der Waals surface area contributed by atoms with Crippen molar-refractivity contribution in [2.45, 2.75) is 74.9 Å². The highest BCUT2D eigenvalue weighted by Crippen LogP contribution is 2.47. The third kappa shape index (κ3) is 6.08. The van der Waals surface area contributed by atoms with Crippen molar-refractivity contribution in [3.05, 3.63) is 47.7 Å². The minimum Gasteiger partial charge on any atom is -0.508 e. The average molecular weight is 764 g/mol. The molecule has 4 aliphatic heterocycles. The number of likely N-dealkylation sites (tertiary alicyclic amines) is 1. The Bertz CT molecular complexity index is 2380. The molecule has 0 spiro atoms.